The first-order valence-corrected chi connectivity index (χ1v) is 6.70. The Bertz CT molecular complexity index is 530. The molecular formula is C14H19N3O3. The normalized spacial score (nSPS) is 15.9. The number of hydrogen-bond acceptors (Lipinski definition) is 4. The third-order valence-corrected chi connectivity index (χ3v) is 3.45. The highest BCUT2D eigenvalue weighted by atomic mass is 16.4. The van der Waals surface area contributed by atoms with Crippen molar-refractivity contribution < 1.29 is 14.7 Å². The molecule has 0 aromatic carbocycles. The van der Waals surface area contributed by atoms with Crippen LogP contribution in [0.4, 0.5) is 5.82 Å². The van der Waals surface area contributed by atoms with E-state index in [1.54, 1.807) is 26.0 Å². The van der Waals surface area contributed by atoms with Crippen molar-refractivity contribution in [3.05, 3.63) is 23.4 Å². The summed E-state index contributed by atoms with van der Waals surface area (Å²) >= 11 is 0. The summed E-state index contributed by atoms with van der Waals surface area (Å²) in [6.45, 7) is 6.20. The average molecular weight is 277 g/mol. The summed E-state index contributed by atoms with van der Waals surface area (Å²) in [6, 6.07) is 3.16. The van der Waals surface area contributed by atoms with Crippen LogP contribution in [0.5, 0.6) is 0 Å². The van der Waals surface area contributed by atoms with Gasteiger partial charge in [0.1, 0.15) is 5.82 Å². The predicted octanol–water partition coefficient (Wildman–Crippen LogP) is 1.15. The van der Waals surface area contributed by atoms with Crippen LogP contribution in [0.2, 0.25) is 0 Å². The van der Waals surface area contributed by atoms with Gasteiger partial charge in [0.25, 0.3) is 0 Å². The first kappa shape index (κ1) is 14.3. The van der Waals surface area contributed by atoms with Crippen LogP contribution in [-0.2, 0) is 4.79 Å². The molecule has 6 nitrogen and oxygen atoms in total. The van der Waals surface area contributed by atoms with E-state index in [0.29, 0.717) is 24.6 Å². The second-order valence-electron chi connectivity index (χ2n) is 5.01. The highest BCUT2D eigenvalue weighted by molar-refractivity contribution is 5.88. The van der Waals surface area contributed by atoms with Gasteiger partial charge in [-0.2, -0.15) is 0 Å². The van der Waals surface area contributed by atoms with Gasteiger partial charge in [-0.15, -0.1) is 0 Å². The van der Waals surface area contributed by atoms with Gasteiger partial charge >= 0.3 is 5.97 Å². The number of carbonyl (C=O) groups is 2. The molecule has 1 fully saturated rings. The van der Waals surface area contributed by atoms with Crippen molar-refractivity contribution >= 4 is 17.7 Å². The molecule has 0 aliphatic carbocycles. The van der Waals surface area contributed by atoms with Gasteiger partial charge in [0.2, 0.25) is 5.91 Å². The van der Waals surface area contributed by atoms with Gasteiger partial charge < -0.3 is 14.9 Å². The Morgan fingerprint density at radius 1 is 1.20 bits per heavy atom. The Hall–Kier alpha value is -2.11. The van der Waals surface area contributed by atoms with Crippen molar-refractivity contribution in [2.45, 2.75) is 20.3 Å². The number of aromatic nitrogens is 1. The predicted molar refractivity (Wildman–Crippen MR) is 75.0 cm³/mol. The van der Waals surface area contributed by atoms with E-state index in [1.165, 1.54) is 0 Å². The van der Waals surface area contributed by atoms with E-state index in [1.807, 2.05) is 9.80 Å². The van der Waals surface area contributed by atoms with Crippen molar-refractivity contribution in [1.82, 2.24) is 9.88 Å². The number of carboxylic acid groups (broad SMARTS) is 1. The zero-order chi connectivity index (χ0) is 14.7. The van der Waals surface area contributed by atoms with Crippen molar-refractivity contribution in [2.75, 3.05) is 31.1 Å². The number of carbonyl (C=O) groups excluding carboxylic acids is 1. The molecule has 0 radical (unpaired) electrons. The monoisotopic (exact) mass is 277 g/mol. The minimum Gasteiger partial charge on any atom is -0.478 e. The third kappa shape index (κ3) is 3.26. The van der Waals surface area contributed by atoms with Gasteiger partial charge in [0.15, 0.2) is 0 Å². The topological polar surface area (TPSA) is 73.7 Å². The van der Waals surface area contributed by atoms with Gasteiger partial charge in [-0.3, -0.25) is 4.79 Å². The van der Waals surface area contributed by atoms with Gasteiger partial charge in [-0.1, -0.05) is 0 Å². The molecule has 108 valence electrons. The summed E-state index contributed by atoms with van der Waals surface area (Å²) in [4.78, 5) is 30.8. The number of rotatable bonds is 2. The summed E-state index contributed by atoms with van der Waals surface area (Å²) in [7, 11) is 0. The fraction of sp³-hybridized carbons (Fsp3) is 0.500. The molecule has 2 heterocycles. The standard InChI is InChI=1S/C14H19N3O3/c1-10-8-12(14(19)20)9-13(15-10)17-5-3-4-16(6-7-17)11(2)18/h8-9H,3-7H2,1-2H3,(H,19,20). The molecule has 0 saturated carbocycles. The van der Waals surface area contributed by atoms with E-state index in [0.717, 1.165) is 19.5 Å². The summed E-state index contributed by atoms with van der Waals surface area (Å²) in [6.07, 6.45) is 0.859. The van der Waals surface area contributed by atoms with Crippen molar-refractivity contribution in [2.24, 2.45) is 0 Å². The molecule has 1 aromatic heterocycles. The van der Waals surface area contributed by atoms with Crippen LogP contribution in [-0.4, -0.2) is 53.0 Å². The number of carboxylic acids is 1. The Labute approximate surface area is 118 Å². The number of aryl methyl sites for hydroxylation is 1. The Kier molecular flexibility index (Phi) is 4.22. The van der Waals surface area contributed by atoms with Crippen LogP contribution < -0.4 is 4.90 Å². The zero-order valence-corrected chi connectivity index (χ0v) is 11.8. The van der Waals surface area contributed by atoms with E-state index in [-0.39, 0.29) is 11.5 Å². The second-order valence-corrected chi connectivity index (χ2v) is 5.01. The largest absolute Gasteiger partial charge is 0.478 e. The lowest BCUT2D eigenvalue weighted by atomic mass is 10.2. The van der Waals surface area contributed by atoms with Crippen LogP contribution >= 0.6 is 0 Å². The number of pyridine rings is 1. The summed E-state index contributed by atoms with van der Waals surface area (Å²) in [5, 5.41) is 9.10. The fourth-order valence-corrected chi connectivity index (χ4v) is 2.40. The van der Waals surface area contributed by atoms with Gasteiger partial charge in [0.05, 0.1) is 5.56 Å². The van der Waals surface area contributed by atoms with Crippen LogP contribution in [0.1, 0.15) is 29.4 Å². The number of hydrogen-bond donors (Lipinski definition) is 1. The smallest absolute Gasteiger partial charge is 0.335 e. The van der Waals surface area contributed by atoms with Crippen molar-refractivity contribution in [3.8, 4) is 0 Å². The number of aromatic carboxylic acids is 1. The Balaban J connectivity index is 2.19. The molecule has 1 aliphatic heterocycles. The van der Waals surface area contributed by atoms with E-state index >= 15 is 0 Å². The van der Waals surface area contributed by atoms with Crippen LogP contribution in [0.3, 0.4) is 0 Å². The Morgan fingerprint density at radius 2 is 1.95 bits per heavy atom. The Morgan fingerprint density at radius 3 is 2.60 bits per heavy atom. The lowest BCUT2D eigenvalue weighted by Gasteiger charge is -2.22. The molecule has 0 atom stereocenters. The van der Waals surface area contributed by atoms with Crippen LogP contribution in [0, 0.1) is 6.92 Å². The maximum absolute atomic E-state index is 11.4. The molecule has 0 bridgehead atoms. The average Bonchev–Trinajstić information content (AvgIpc) is 2.63. The first-order chi connectivity index (χ1) is 9.47. The maximum atomic E-state index is 11.4. The zero-order valence-electron chi connectivity index (χ0n) is 11.8. The lowest BCUT2D eigenvalue weighted by molar-refractivity contribution is -0.128. The van der Waals surface area contributed by atoms with E-state index in [2.05, 4.69) is 4.98 Å². The molecule has 1 saturated heterocycles. The molecule has 0 spiro atoms. The molecule has 2 rings (SSSR count). The summed E-state index contributed by atoms with van der Waals surface area (Å²) in [5.74, 6) is -0.194. The number of anilines is 1. The number of amides is 1. The quantitative estimate of drug-likeness (QED) is 0.877. The highest BCUT2D eigenvalue weighted by Gasteiger charge is 2.18. The van der Waals surface area contributed by atoms with Gasteiger partial charge in [-0.25, -0.2) is 9.78 Å². The molecule has 1 amide bonds. The van der Waals surface area contributed by atoms with Crippen molar-refractivity contribution in [1.29, 1.82) is 0 Å². The van der Waals surface area contributed by atoms with E-state index in [9.17, 15) is 9.59 Å². The SMILES string of the molecule is CC(=O)N1CCCN(c2cc(C(=O)O)cc(C)n2)CC1. The number of nitrogens with zero attached hydrogens (tertiary/aromatic N) is 3. The molecule has 1 aliphatic rings. The minimum absolute atomic E-state index is 0.0790. The first-order valence-electron chi connectivity index (χ1n) is 6.70. The lowest BCUT2D eigenvalue weighted by Crippen LogP contribution is -2.34. The van der Waals surface area contributed by atoms with E-state index < -0.39 is 5.97 Å². The van der Waals surface area contributed by atoms with Crippen LogP contribution in [0.15, 0.2) is 12.1 Å². The third-order valence-electron chi connectivity index (χ3n) is 3.45. The van der Waals surface area contributed by atoms with Crippen LogP contribution in [0.25, 0.3) is 0 Å². The van der Waals surface area contributed by atoms with Crippen molar-refractivity contribution in [3.63, 3.8) is 0 Å². The maximum Gasteiger partial charge on any atom is 0.335 e. The molecule has 1 aromatic rings. The fourth-order valence-electron chi connectivity index (χ4n) is 2.40. The second kappa shape index (κ2) is 5.90. The molecule has 6 heteroatoms. The summed E-state index contributed by atoms with van der Waals surface area (Å²) < 4.78 is 0. The van der Waals surface area contributed by atoms with Gasteiger partial charge in [-0.05, 0) is 25.5 Å². The molecule has 1 N–H and O–H groups in total. The molecule has 20 heavy (non-hydrogen) atoms. The summed E-state index contributed by atoms with van der Waals surface area (Å²) in [5.41, 5.74) is 0.938. The molecule has 0 unspecified atom stereocenters. The molecular weight excluding hydrogens is 258 g/mol. The minimum atomic E-state index is -0.947. The van der Waals surface area contributed by atoms with Gasteiger partial charge in [0, 0.05) is 38.8 Å². The van der Waals surface area contributed by atoms with E-state index in [4.69, 9.17) is 5.11 Å². The highest BCUT2D eigenvalue weighted by Crippen LogP contribution is 2.17.